The molecule has 70 valence electrons. The molecule has 0 aliphatic carbocycles. The third-order valence-corrected chi connectivity index (χ3v) is 2.48. The topological polar surface area (TPSA) is 87.2 Å². The summed E-state index contributed by atoms with van der Waals surface area (Å²) in [5, 5.41) is 8.71. The lowest BCUT2D eigenvalue weighted by atomic mass is 10.5. The van der Waals surface area contributed by atoms with Crippen molar-refractivity contribution in [3.05, 3.63) is 12.3 Å². The SMILES string of the molecule is NS(=O)(=O)c1cnn2c1OCC=C2. The number of sulfonamides is 1. The van der Waals surface area contributed by atoms with Gasteiger partial charge >= 0.3 is 0 Å². The van der Waals surface area contributed by atoms with Gasteiger partial charge < -0.3 is 4.74 Å². The fraction of sp³-hybridized carbons (Fsp3) is 0.167. The number of primary sulfonamides is 1. The second-order valence-electron chi connectivity index (χ2n) is 2.50. The van der Waals surface area contributed by atoms with E-state index < -0.39 is 10.0 Å². The van der Waals surface area contributed by atoms with Gasteiger partial charge in [-0.15, -0.1) is 0 Å². The molecule has 1 aliphatic rings. The van der Waals surface area contributed by atoms with E-state index in [2.05, 4.69) is 5.10 Å². The maximum absolute atomic E-state index is 11.0. The molecule has 6 nitrogen and oxygen atoms in total. The number of fused-ring (bicyclic) bond motifs is 1. The molecular formula is C6H7N3O3S. The van der Waals surface area contributed by atoms with Gasteiger partial charge in [0.25, 0.3) is 0 Å². The second-order valence-corrected chi connectivity index (χ2v) is 4.03. The third-order valence-electron chi connectivity index (χ3n) is 1.59. The smallest absolute Gasteiger partial charge is 0.245 e. The molecule has 0 saturated carbocycles. The summed E-state index contributed by atoms with van der Waals surface area (Å²) in [4.78, 5) is -0.0862. The lowest BCUT2D eigenvalue weighted by Gasteiger charge is -2.09. The molecule has 1 aromatic rings. The van der Waals surface area contributed by atoms with Crippen molar-refractivity contribution in [3.63, 3.8) is 0 Å². The summed E-state index contributed by atoms with van der Waals surface area (Å²) in [6.07, 6.45) is 4.50. The van der Waals surface area contributed by atoms with Gasteiger partial charge in [-0.1, -0.05) is 0 Å². The largest absolute Gasteiger partial charge is 0.472 e. The molecule has 0 aromatic carbocycles. The minimum absolute atomic E-state index is 0.0862. The van der Waals surface area contributed by atoms with Gasteiger partial charge in [0.1, 0.15) is 6.61 Å². The Morgan fingerprint density at radius 1 is 1.62 bits per heavy atom. The summed E-state index contributed by atoms with van der Waals surface area (Å²) in [5.41, 5.74) is 0. The van der Waals surface area contributed by atoms with Gasteiger partial charge in [0.2, 0.25) is 15.9 Å². The highest BCUT2D eigenvalue weighted by Crippen LogP contribution is 2.24. The molecule has 0 saturated heterocycles. The molecule has 2 rings (SSSR count). The van der Waals surface area contributed by atoms with Crippen molar-refractivity contribution in [2.24, 2.45) is 5.14 Å². The minimum Gasteiger partial charge on any atom is -0.472 e. The molecule has 2 heterocycles. The van der Waals surface area contributed by atoms with Crippen LogP contribution in [0.1, 0.15) is 0 Å². The Morgan fingerprint density at radius 2 is 2.38 bits per heavy atom. The van der Waals surface area contributed by atoms with Crippen LogP contribution in [0.4, 0.5) is 0 Å². The van der Waals surface area contributed by atoms with Crippen LogP contribution in [0.2, 0.25) is 0 Å². The zero-order valence-corrected chi connectivity index (χ0v) is 7.36. The summed E-state index contributed by atoms with van der Waals surface area (Å²) in [7, 11) is -3.74. The Hall–Kier alpha value is -1.34. The number of nitrogens with zero attached hydrogens (tertiary/aromatic N) is 2. The molecule has 1 aromatic heterocycles. The van der Waals surface area contributed by atoms with Crippen LogP contribution in [0, 0.1) is 0 Å². The van der Waals surface area contributed by atoms with E-state index in [0.29, 0.717) is 6.61 Å². The molecule has 7 heteroatoms. The number of rotatable bonds is 1. The first-order chi connectivity index (χ1) is 6.09. The first-order valence-electron chi connectivity index (χ1n) is 3.49. The summed E-state index contributed by atoms with van der Waals surface area (Å²) in [5.74, 6) is 0.171. The van der Waals surface area contributed by atoms with Gasteiger partial charge in [-0.3, -0.25) is 0 Å². The number of nitrogens with two attached hydrogens (primary N) is 1. The Balaban J connectivity index is 2.63. The predicted molar refractivity (Wildman–Crippen MR) is 44.4 cm³/mol. The van der Waals surface area contributed by atoms with Gasteiger partial charge in [-0.25, -0.2) is 18.2 Å². The quantitative estimate of drug-likeness (QED) is 0.656. The van der Waals surface area contributed by atoms with E-state index in [1.54, 1.807) is 12.3 Å². The second kappa shape index (κ2) is 2.57. The van der Waals surface area contributed by atoms with Crippen molar-refractivity contribution in [2.45, 2.75) is 4.90 Å². The van der Waals surface area contributed by atoms with Crippen LogP contribution in [-0.2, 0) is 10.0 Å². The summed E-state index contributed by atoms with van der Waals surface area (Å²) in [6.45, 7) is 0.328. The van der Waals surface area contributed by atoms with Crippen molar-refractivity contribution in [1.29, 1.82) is 0 Å². The van der Waals surface area contributed by atoms with Crippen molar-refractivity contribution in [1.82, 2.24) is 9.78 Å². The van der Waals surface area contributed by atoms with Crippen LogP contribution >= 0.6 is 0 Å². The molecule has 0 atom stereocenters. The van der Waals surface area contributed by atoms with E-state index in [1.165, 1.54) is 10.9 Å². The molecule has 0 radical (unpaired) electrons. The van der Waals surface area contributed by atoms with E-state index in [-0.39, 0.29) is 10.8 Å². The number of hydrogen-bond donors (Lipinski definition) is 1. The summed E-state index contributed by atoms with van der Waals surface area (Å²) < 4.78 is 28.4. The van der Waals surface area contributed by atoms with E-state index in [1.807, 2.05) is 0 Å². The average molecular weight is 201 g/mol. The van der Waals surface area contributed by atoms with Crippen molar-refractivity contribution in [3.8, 4) is 5.88 Å². The predicted octanol–water partition coefficient (Wildman–Crippen LogP) is -0.606. The zero-order valence-electron chi connectivity index (χ0n) is 6.54. The van der Waals surface area contributed by atoms with Gasteiger partial charge in [-0.05, 0) is 6.08 Å². The zero-order chi connectivity index (χ0) is 9.47. The molecular weight excluding hydrogens is 194 g/mol. The van der Waals surface area contributed by atoms with Crippen LogP contribution in [0.5, 0.6) is 5.88 Å². The first-order valence-corrected chi connectivity index (χ1v) is 5.03. The highest BCUT2D eigenvalue weighted by atomic mass is 32.2. The summed E-state index contributed by atoms with van der Waals surface area (Å²) in [6, 6.07) is 0. The highest BCUT2D eigenvalue weighted by Gasteiger charge is 2.21. The standard InChI is InChI=1S/C6H7N3O3S/c7-13(10,11)5-4-8-9-2-1-3-12-6(5)9/h1-2,4H,3H2,(H2,7,10,11). The maximum Gasteiger partial charge on any atom is 0.245 e. The Kier molecular flexibility index (Phi) is 1.64. The Labute approximate surface area is 74.7 Å². The van der Waals surface area contributed by atoms with Crippen molar-refractivity contribution < 1.29 is 13.2 Å². The van der Waals surface area contributed by atoms with Gasteiger partial charge in [0, 0.05) is 6.20 Å². The third kappa shape index (κ3) is 1.31. The Morgan fingerprint density at radius 3 is 3.08 bits per heavy atom. The van der Waals surface area contributed by atoms with E-state index in [9.17, 15) is 8.42 Å². The lowest BCUT2D eigenvalue weighted by molar-refractivity contribution is 0.322. The van der Waals surface area contributed by atoms with Crippen molar-refractivity contribution >= 4 is 16.2 Å². The Bertz CT molecular complexity index is 459. The molecule has 1 aliphatic heterocycles. The molecule has 0 unspecified atom stereocenters. The van der Waals surface area contributed by atoms with Crippen molar-refractivity contribution in [2.75, 3.05) is 6.61 Å². The van der Waals surface area contributed by atoms with E-state index >= 15 is 0 Å². The fourth-order valence-corrected chi connectivity index (χ4v) is 1.63. The molecule has 0 amide bonds. The molecule has 0 fully saturated rings. The van der Waals surface area contributed by atoms with Crippen LogP contribution in [0.25, 0.3) is 6.20 Å². The summed E-state index contributed by atoms with van der Waals surface area (Å²) >= 11 is 0. The average Bonchev–Trinajstić information content (AvgIpc) is 2.45. The van der Waals surface area contributed by atoms with Gasteiger partial charge in [0.05, 0.1) is 6.20 Å². The number of hydrogen-bond acceptors (Lipinski definition) is 4. The van der Waals surface area contributed by atoms with Gasteiger partial charge in [-0.2, -0.15) is 5.10 Å². The van der Waals surface area contributed by atoms with E-state index in [0.717, 1.165) is 0 Å². The molecule has 13 heavy (non-hydrogen) atoms. The van der Waals surface area contributed by atoms with E-state index in [4.69, 9.17) is 9.88 Å². The van der Waals surface area contributed by atoms with Crippen LogP contribution in [-0.4, -0.2) is 24.8 Å². The molecule has 0 spiro atoms. The first kappa shape index (κ1) is 8.27. The van der Waals surface area contributed by atoms with Crippen LogP contribution in [0.15, 0.2) is 17.2 Å². The lowest BCUT2D eigenvalue weighted by Crippen LogP contribution is -2.14. The number of aromatic nitrogens is 2. The molecule has 0 bridgehead atoms. The number of ether oxygens (including phenoxy) is 1. The molecule has 2 N–H and O–H groups in total. The monoisotopic (exact) mass is 201 g/mol. The normalized spacial score (nSPS) is 15.2. The fourth-order valence-electron chi connectivity index (χ4n) is 1.04. The van der Waals surface area contributed by atoms with Gasteiger partial charge in [0.15, 0.2) is 4.90 Å². The maximum atomic E-state index is 11.0. The van der Waals surface area contributed by atoms with Crippen LogP contribution < -0.4 is 9.88 Å². The highest BCUT2D eigenvalue weighted by molar-refractivity contribution is 7.89. The van der Waals surface area contributed by atoms with Crippen LogP contribution in [0.3, 0.4) is 0 Å². The minimum atomic E-state index is -3.74.